The fourth-order valence-electron chi connectivity index (χ4n) is 1.67. The predicted octanol–water partition coefficient (Wildman–Crippen LogP) is 3.18. The number of aromatic nitrogens is 2. The number of ether oxygens (including phenoxy) is 1. The number of benzene rings is 1. The van der Waals surface area contributed by atoms with Gasteiger partial charge in [-0.3, -0.25) is 0 Å². The van der Waals surface area contributed by atoms with Gasteiger partial charge in [0.15, 0.2) is 11.4 Å². The maximum Gasteiger partial charge on any atom is 0.358 e. The van der Waals surface area contributed by atoms with Crippen LogP contribution in [0.4, 0.5) is 0 Å². The largest absolute Gasteiger partial charge is 0.476 e. The van der Waals surface area contributed by atoms with Gasteiger partial charge in [-0.2, -0.15) is 4.37 Å². The van der Waals surface area contributed by atoms with E-state index in [-0.39, 0.29) is 11.4 Å². The fourth-order valence-corrected chi connectivity index (χ4v) is 2.41. The quantitative estimate of drug-likeness (QED) is 0.792. The molecular formula is C13H8N2O3S. The third kappa shape index (κ3) is 2.13. The minimum atomic E-state index is -1.12. The first-order chi connectivity index (χ1) is 9.25. The number of carboxylic acids is 1. The van der Waals surface area contributed by atoms with Crippen LogP contribution < -0.4 is 4.74 Å². The molecule has 0 amide bonds. The standard InChI is InChI=1S/C13H8N2O3S/c16-12(17)11-10(6-3-7-14-11)18-13-8-4-1-2-5-9(8)15-19-13/h1-7H,(H,16,17). The Kier molecular flexibility index (Phi) is 2.85. The molecule has 0 aliphatic heterocycles. The molecule has 0 atom stereocenters. The van der Waals surface area contributed by atoms with E-state index < -0.39 is 5.97 Å². The molecule has 0 saturated heterocycles. The van der Waals surface area contributed by atoms with Gasteiger partial charge in [0.2, 0.25) is 5.06 Å². The van der Waals surface area contributed by atoms with E-state index in [0.29, 0.717) is 5.06 Å². The summed E-state index contributed by atoms with van der Waals surface area (Å²) >= 11 is 1.19. The molecule has 0 radical (unpaired) electrons. The lowest BCUT2D eigenvalue weighted by Crippen LogP contribution is -2.02. The molecule has 0 aliphatic carbocycles. The first-order valence-corrected chi connectivity index (χ1v) is 6.23. The number of fused-ring (bicyclic) bond motifs is 1. The number of carbonyl (C=O) groups is 1. The second-order valence-corrected chi connectivity index (χ2v) is 4.48. The minimum Gasteiger partial charge on any atom is -0.476 e. The Balaban J connectivity index is 2.04. The van der Waals surface area contributed by atoms with Crippen molar-refractivity contribution in [3.05, 3.63) is 48.3 Å². The minimum absolute atomic E-state index is 0.111. The van der Waals surface area contributed by atoms with Gasteiger partial charge in [-0.15, -0.1) is 0 Å². The number of aromatic carboxylic acids is 1. The molecule has 19 heavy (non-hydrogen) atoms. The van der Waals surface area contributed by atoms with E-state index in [4.69, 9.17) is 9.84 Å². The van der Waals surface area contributed by atoms with Crippen LogP contribution in [0.5, 0.6) is 10.8 Å². The van der Waals surface area contributed by atoms with Gasteiger partial charge < -0.3 is 9.84 Å². The Morgan fingerprint density at radius 1 is 1.21 bits per heavy atom. The summed E-state index contributed by atoms with van der Waals surface area (Å²) in [4.78, 5) is 14.9. The van der Waals surface area contributed by atoms with E-state index in [9.17, 15) is 4.79 Å². The average Bonchev–Trinajstić information content (AvgIpc) is 2.83. The van der Waals surface area contributed by atoms with Gasteiger partial charge in [-0.25, -0.2) is 9.78 Å². The molecule has 1 N–H and O–H groups in total. The first-order valence-electron chi connectivity index (χ1n) is 5.46. The van der Waals surface area contributed by atoms with Crippen molar-refractivity contribution in [1.29, 1.82) is 0 Å². The lowest BCUT2D eigenvalue weighted by atomic mass is 10.2. The van der Waals surface area contributed by atoms with Crippen LogP contribution in [0.2, 0.25) is 0 Å². The average molecular weight is 272 g/mol. The van der Waals surface area contributed by atoms with E-state index in [1.54, 1.807) is 12.1 Å². The lowest BCUT2D eigenvalue weighted by molar-refractivity contribution is 0.0687. The van der Waals surface area contributed by atoms with Gasteiger partial charge in [0.05, 0.1) is 10.9 Å². The van der Waals surface area contributed by atoms with Crippen molar-refractivity contribution in [1.82, 2.24) is 9.36 Å². The SMILES string of the molecule is O=C(O)c1ncccc1Oc1snc2ccccc12. The van der Waals surface area contributed by atoms with Crippen LogP contribution in [-0.2, 0) is 0 Å². The van der Waals surface area contributed by atoms with E-state index in [1.165, 1.54) is 17.7 Å². The van der Waals surface area contributed by atoms with Crippen molar-refractivity contribution in [2.75, 3.05) is 0 Å². The van der Waals surface area contributed by atoms with Crippen LogP contribution in [0.25, 0.3) is 10.9 Å². The van der Waals surface area contributed by atoms with Crippen molar-refractivity contribution in [2.24, 2.45) is 0 Å². The summed E-state index contributed by atoms with van der Waals surface area (Å²) in [5.74, 6) is -0.908. The van der Waals surface area contributed by atoms with Crippen molar-refractivity contribution in [3.8, 4) is 10.8 Å². The smallest absolute Gasteiger partial charge is 0.358 e. The molecule has 2 heterocycles. The zero-order valence-corrected chi connectivity index (χ0v) is 10.4. The molecule has 3 aromatic rings. The summed E-state index contributed by atoms with van der Waals surface area (Å²) in [6, 6.07) is 10.7. The maximum atomic E-state index is 11.1. The normalized spacial score (nSPS) is 10.5. The number of hydrogen-bond acceptors (Lipinski definition) is 5. The molecule has 94 valence electrons. The number of hydrogen-bond donors (Lipinski definition) is 1. The highest BCUT2D eigenvalue weighted by Gasteiger charge is 2.15. The summed E-state index contributed by atoms with van der Waals surface area (Å²) in [6.07, 6.45) is 1.42. The van der Waals surface area contributed by atoms with Crippen LogP contribution in [0, 0.1) is 0 Å². The summed E-state index contributed by atoms with van der Waals surface area (Å²) in [7, 11) is 0. The van der Waals surface area contributed by atoms with Gasteiger partial charge in [0.25, 0.3) is 0 Å². The van der Waals surface area contributed by atoms with Crippen LogP contribution in [0.3, 0.4) is 0 Å². The summed E-state index contributed by atoms with van der Waals surface area (Å²) in [5, 5.41) is 10.5. The summed E-state index contributed by atoms with van der Waals surface area (Å²) in [5.41, 5.74) is 0.711. The molecule has 0 bridgehead atoms. The highest BCUT2D eigenvalue weighted by Crippen LogP contribution is 2.34. The van der Waals surface area contributed by atoms with Gasteiger partial charge in [-0.1, -0.05) is 12.1 Å². The zero-order chi connectivity index (χ0) is 13.2. The Morgan fingerprint density at radius 2 is 2.05 bits per heavy atom. The number of carboxylic acid groups (broad SMARTS) is 1. The van der Waals surface area contributed by atoms with E-state index in [2.05, 4.69) is 9.36 Å². The summed E-state index contributed by atoms with van der Waals surface area (Å²) < 4.78 is 9.87. The maximum absolute atomic E-state index is 11.1. The highest BCUT2D eigenvalue weighted by atomic mass is 32.1. The lowest BCUT2D eigenvalue weighted by Gasteiger charge is -2.05. The van der Waals surface area contributed by atoms with Crippen LogP contribution in [0.15, 0.2) is 42.6 Å². The molecule has 0 saturated carbocycles. The molecular weight excluding hydrogens is 264 g/mol. The second kappa shape index (κ2) is 4.66. The third-order valence-corrected chi connectivity index (χ3v) is 3.28. The molecule has 0 fully saturated rings. The molecule has 0 aliphatic rings. The van der Waals surface area contributed by atoms with Crippen molar-refractivity contribution < 1.29 is 14.6 Å². The topological polar surface area (TPSA) is 72.3 Å². The molecule has 0 unspecified atom stereocenters. The van der Waals surface area contributed by atoms with E-state index in [1.807, 2.05) is 24.3 Å². The van der Waals surface area contributed by atoms with Gasteiger partial charge >= 0.3 is 5.97 Å². The van der Waals surface area contributed by atoms with Crippen molar-refractivity contribution in [3.63, 3.8) is 0 Å². The van der Waals surface area contributed by atoms with Gasteiger partial charge in [0.1, 0.15) is 0 Å². The predicted molar refractivity (Wildman–Crippen MR) is 70.9 cm³/mol. The van der Waals surface area contributed by atoms with Crippen molar-refractivity contribution >= 4 is 28.4 Å². The zero-order valence-electron chi connectivity index (χ0n) is 9.61. The molecule has 5 nitrogen and oxygen atoms in total. The third-order valence-electron chi connectivity index (χ3n) is 2.53. The van der Waals surface area contributed by atoms with Crippen molar-refractivity contribution in [2.45, 2.75) is 0 Å². The number of rotatable bonds is 3. The van der Waals surface area contributed by atoms with E-state index >= 15 is 0 Å². The summed E-state index contributed by atoms with van der Waals surface area (Å²) in [6.45, 7) is 0. The van der Waals surface area contributed by atoms with Crippen LogP contribution in [0.1, 0.15) is 10.5 Å². The molecule has 6 heteroatoms. The van der Waals surface area contributed by atoms with Crippen LogP contribution in [-0.4, -0.2) is 20.4 Å². The Bertz CT molecular complexity index is 754. The molecule has 0 spiro atoms. The molecule has 1 aromatic carbocycles. The number of pyridine rings is 1. The van der Waals surface area contributed by atoms with E-state index in [0.717, 1.165) is 10.9 Å². The monoisotopic (exact) mass is 272 g/mol. The van der Waals surface area contributed by atoms with Crippen LogP contribution >= 0.6 is 11.5 Å². The van der Waals surface area contributed by atoms with Gasteiger partial charge in [0, 0.05) is 17.7 Å². The second-order valence-electron chi connectivity index (χ2n) is 3.74. The molecule has 3 rings (SSSR count). The Hall–Kier alpha value is -2.47. The Morgan fingerprint density at radius 3 is 2.89 bits per heavy atom. The first kappa shape index (κ1) is 11.6. The highest BCUT2D eigenvalue weighted by molar-refractivity contribution is 7.09. The Labute approximate surface area is 112 Å². The number of nitrogens with zero attached hydrogens (tertiary/aromatic N) is 2. The van der Waals surface area contributed by atoms with Gasteiger partial charge in [-0.05, 0) is 24.3 Å². The molecule has 2 aromatic heterocycles. The fraction of sp³-hybridized carbons (Fsp3) is 0.